The van der Waals surface area contributed by atoms with Gasteiger partial charge in [-0.3, -0.25) is 0 Å². The van der Waals surface area contributed by atoms with Crippen LogP contribution in [0.5, 0.6) is 0 Å². The molecule has 0 spiro atoms. The Morgan fingerprint density at radius 2 is 1.86 bits per heavy atom. The van der Waals surface area contributed by atoms with E-state index < -0.39 is 0 Å². The van der Waals surface area contributed by atoms with Gasteiger partial charge in [0.2, 0.25) is 0 Å². The zero-order valence-corrected chi connectivity index (χ0v) is 9.25. The molecular formula is C13H19N. The Kier molecular flexibility index (Phi) is 2.60. The summed E-state index contributed by atoms with van der Waals surface area (Å²) in [4.78, 5) is 0. The van der Waals surface area contributed by atoms with Gasteiger partial charge in [-0.1, -0.05) is 38.1 Å². The lowest BCUT2D eigenvalue weighted by Crippen LogP contribution is -2.33. The Hall–Kier alpha value is -0.820. The number of hydrogen-bond acceptors (Lipinski definition) is 1. The number of benzene rings is 1. The average Bonchev–Trinajstić information content (AvgIpc) is 2.18. The lowest BCUT2D eigenvalue weighted by atomic mass is 9.81. The second-order valence-electron chi connectivity index (χ2n) is 4.61. The normalized spacial score (nSPS) is 26.3. The summed E-state index contributed by atoms with van der Waals surface area (Å²) in [6, 6.07) is 9.35. The van der Waals surface area contributed by atoms with Crippen molar-refractivity contribution in [3.63, 3.8) is 0 Å². The van der Waals surface area contributed by atoms with Crippen LogP contribution in [-0.2, 0) is 0 Å². The van der Waals surface area contributed by atoms with Crippen molar-refractivity contribution in [1.29, 1.82) is 0 Å². The van der Waals surface area contributed by atoms with Gasteiger partial charge in [0.25, 0.3) is 0 Å². The second-order valence-corrected chi connectivity index (χ2v) is 4.61. The van der Waals surface area contributed by atoms with E-state index in [1.54, 1.807) is 5.56 Å². The Labute approximate surface area is 86.5 Å². The predicted molar refractivity (Wildman–Crippen MR) is 60.4 cm³/mol. The predicted octanol–water partition coefficient (Wildman–Crippen LogP) is 3.09. The highest BCUT2D eigenvalue weighted by Gasteiger charge is 2.25. The zero-order chi connectivity index (χ0) is 10.1. The van der Waals surface area contributed by atoms with E-state index in [9.17, 15) is 0 Å². The van der Waals surface area contributed by atoms with E-state index in [4.69, 9.17) is 0 Å². The van der Waals surface area contributed by atoms with Gasteiger partial charge in [0.15, 0.2) is 0 Å². The van der Waals surface area contributed by atoms with E-state index in [0.717, 1.165) is 12.5 Å². The molecule has 0 unspecified atom stereocenters. The first-order valence-electron chi connectivity index (χ1n) is 5.52. The molecule has 1 nitrogen and oxygen atoms in total. The molecular weight excluding hydrogens is 170 g/mol. The molecule has 1 aromatic rings. The van der Waals surface area contributed by atoms with Crippen LogP contribution in [0.3, 0.4) is 0 Å². The van der Waals surface area contributed by atoms with E-state index >= 15 is 0 Å². The molecule has 1 N–H and O–H groups in total. The molecule has 1 aromatic carbocycles. The Morgan fingerprint density at radius 1 is 1.21 bits per heavy atom. The molecule has 0 fully saturated rings. The summed E-state index contributed by atoms with van der Waals surface area (Å²) in [6.45, 7) is 7.98. The monoisotopic (exact) mass is 189 g/mol. The van der Waals surface area contributed by atoms with Crippen molar-refractivity contribution in [3.05, 3.63) is 35.4 Å². The molecule has 76 valence electrons. The maximum Gasteiger partial charge on any atom is 0.0294 e. The first kappa shape index (κ1) is 9.72. The fraction of sp³-hybridized carbons (Fsp3) is 0.538. The maximum absolute atomic E-state index is 3.57. The van der Waals surface area contributed by atoms with E-state index in [1.165, 1.54) is 5.56 Å². The average molecular weight is 189 g/mol. The van der Waals surface area contributed by atoms with Gasteiger partial charge >= 0.3 is 0 Å². The quantitative estimate of drug-likeness (QED) is 0.716. The van der Waals surface area contributed by atoms with Gasteiger partial charge in [-0.15, -0.1) is 0 Å². The number of fused-ring (bicyclic) bond motifs is 1. The van der Waals surface area contributed by atoms with E-state index in [0.29, 0.717) is 12.0 Å². The van der Waals surface area contributed by atoms with E-state index in [2.05, 4.69) is 50.4 Å². The molecule has 0 radical (unpaired) electrons. The Bertz CT molecular complexity index is 317. The Morgan fingerprint density at radius 3 is 2.50 bits per heavy atom. The highest BCUT2D eigenvalue weighted by atomic mass is 14.9. The zero-order valence-electron chi connectivity index (χ0n) is 9.25. The summed E-state index contributed by atoms with van der Waals surface area (Å²) in [5.74, 6) is 1.40. The molecule has 0 aliphatic carbocycles. The summed E-state index contributed by atoms with van der Waals surface area (Å²) in [7, 11) is 0. The molecule has 0 amide bonds. The van der Waals surface area contributed by atoms with Crippen molar-refractivity contribution in [2.75, 3.05) is 6.54 Å². The minimum atomic E-state index is 0.515. The lowest BCUT2D eigenvalue weighted by Gasteiger charge is -2.33. The highest BCUT2D eigenvalue weighted by molar-refractivity contribution is 5.35. The smallest absolute Gasteiger partial charge is 0.0294 e. The second kappa shape index (κ2) is 3.74. The number of nitrogens with one attached hydrogen (secondary N) is 1. The van der Waals surface area contributed by atoms with Crippen molar-refractivity contribution >= 4 is 0 Å². The van der Waals surface area contributed by atoms with Crippen molar-refractivity contribution in [3.8, 4) is 0 Å². The third-order valence-corrected chi connectivity index (χ3v) is 3.31. The molecule has 2 rings (SSSR count). The third-order valence-electron chi connectivity index (χ3n) is 3.31. The largest absolute Gasteiger partial charge is 0.310 e. The summed E-state index contributed by atoms with van der Waals surface area (Å²) in [5.41, 5.74) is 3.03. The SMILES string of the molecule is CC(C)[C@H]1CN[C@@H](C)c2ccccc21. The first-order valence-corrected chi connectivity index (χ1v) is 5.52. The van der Waals surface area contributed by atoms with Gasteiger partial charge in [0.05, 0.1) is 0 Å². The van der Waals surface area contributed by atoms with Crippen molar-refractivity contribution in [1.82, 2.24) is 5.32 Å². The topological polar surface area (TPSA) is 12.0 Å². The molecule has 1 heterocycles. The van der Waals surface area contributed by atoms with Crippen molar-refractivity contribution in [2.24, 2.45) is 5.92 Å². The molecule has 1 aliphatic rings. The lowest BCUT2D eigenvalue weighted by molar-refractivity contribution is 0.403. The van der Waals surface area contributed by atoms with Crippen molar-refractivity contribution in [2.45, 2.75) is 32.7 Å². The van der Waals surface area contributed by atoms with Crippen LogP contribution in [0.2, 0.25) is 0 Å². The van der Waals surface area contributed by atoms with Crippen LogP contribution in [0.15, 0.2) is 24.3 Å². The van der Waals surface area contributed by atoms with Crippen LogP contribution in [-0.4, -0.2) is 6.54 Å². The summed E-state index contributed by atoms with van der Waals surface area (Å²) < 4.78 is 0. The van der Waals surface area contributed by atoms with Crippen LogP contribution < -0.4 is 5.32 Å². The molecule has 1 aliphatic heterocycles. The van der Waals surface area contributed by atoms with E-state index in [1.807, 2.05) is 0 Å². The number of rotatable bonds is 1. The fourth-order valence-electron chi connectivity index (χ4n) is 2.36. The van der Waals surface area contributed by atoms with Crippen LogP contribution >= 0.6 is 0 Å². The van der Waals surface area contributed by atoms with Gasteiger partial charge in [0, 0.05) is 12.6 Å². The molecule has 1 heteroatoms. The first-order chi connectivity index (χ1) is 6.70. The summed E-state index contributed by atoms with van der Waals surface area (Å²) >= 11 is 0. The van der Waals surface area contributed by atoms with Crippen molar-refractivity contribution < 1.29 is 0 Å². The standard InChI is InChI=1S/C13H19N/c1-9(2)13-8-14-10(3)11-6-4-5-7-12(11)13/h4-7,9-10,13-14H,8H2,1-3H3/t10-,13+/m0/s1. The van der Waals surface area contributed by atoms with Gasteiger partial charge in [-0.25, -0.2) is 0 Å². The van der Waals surface area contributed by atoms with Gasteiger partial charge < -0.3 is 5.32 Å². The van der Waals surface area contributed by atoms with Gasteiger partial charge in [-0.2, -0.15) is 0 Å². The maximum atomic E-state index is 3.57. The van der Waals surface area contributed by atoms with Crippen LogP contribution in [0.1, 0.15) is 43.9 Å². The third kappa shape index (κ3) is 1.57. The fourth-order valence-corrected chi connectivity index (χ4v) is 2.36. The summed E-state index contributed by atoms with van der Waals surface area (Å²) in [6.07, 6.45) is 0. The minimum Gasteiger partial charge on any atom is -0.310 e. The van der Waals surface area contributed by atoms with Gasteiger partial charge in [0.1, 0.15) is 0 Å². The van der Waals surface area contributed by atoms with Crippen LogP contribution in [0.4, 0.5) is 0 Å². The molecule has 2 atom stereocenters. The van der Waals surface area contributed by atoms with Crippen LogP contribution in [0, 0.1) is 5.92 Å². The molecule has 0 saturated carbocycles. The molecule has 0 bridgehead atoms. The van der Waals surface area contributed by atoms with Crippen LogP contribution in [0.25, 0.3) is 0 Å². The number of hydrogen-bond donors (Lipinski definition) is 1. The Balaban J connectivity index is 2.41. The molecule has 0 saturated heterocycles. The summed E-state index contributed by atoms with van der Waals surface area (Å²) in [5, 5.41) is 3.57. The molecule has 0 aromatic heterocycles. The minimum absolute atomic E-state index is 0.515. The molecule has 14 heavy (non-hydrogen) atoms. The van der Waals surface area contributed by atoms with Gasteiger partial charge in [-0.05, 0) is 29.9 Å². The van der Waals surface area contributed by atoms with E-state index in [-0.39, 0.29) is 0 Å². The highest BCUT2D eigenvalue weighted by Crippen LogP contribution is 2.33.